The summed E-state index contributed by atoms with van der Waals surface area (Å²) in [5, 5.41) is 8.21. The molecule has 1 N–H and O–H groups in total. The Morgan fingerprint density at radius 2 is 2.00 bits per heavy atom. The minimum Gasteiger partial charge on any atom is -0.486 e. The summed E-state index contributed by atoms with van der Waals surface area (Å²) < 4.78 is 5.70. The number of carbonyl (C=O) groups excluding carboxylic acids is 1. The van der Waals surface area contributed by atoms with Gasteiger partial charge in [-0.05, 0) is 42.7 Å². The van der Waals surface area contributed by atoms with E-state index in [9.17, 15) is 4.79 Å². The van der Waals surface area contributed by atoms with Crippen molar-refractivity contribution in [2.24, 2.45) is 0 Å². The Kier molecular flexibility index (Phi) is 7.12. The van der Waals surface area contributed by atoms with E-state index in [1.165, 1.54) is 17.3 Å². The van der Waals surface area contributed by atoms with Gasteiger partial charge in [0, 0.05) is 10.6 Å². The SMILES string of the molecule is CCCc1ccc(C(=O)CSc2n[nH]c(COc3ccc(Cl)c(C)c3)n2)cc1. The van der Waals surface area contributed by atoms with Crippen LogP contribution >= 0.6 is 23.4 Å². The van der Waals surface area contributed by atoms with Crippen molar-refractivity contribution < 1.29 is 9.53 Å². The summed E-state index contributed by atoms with van der Waals surface area (Å²) in [6, 6.07) is 13.3. The van der Waals surface area contributed by atoms with Crippen LogP contribution in [-0.4, -0.2) is 26.7 Å². The predicted molar refractivity (Wildman–Crippen MR) is 112 cm³/mol. The molecule has 0 bridgehead atoms. The van der Waals surface area contributed by atoms with Crippen LogP contribution in [0.5, 0.6) is 5.75 Å². The smallest absolute Gasteiger partial charge is 0.208 e. The summed E-state index contributed by atoms with van der Waals surface area (Å²) in [5.41, 5.74) is 2.92. The van der Waals surface area contributed by atoms with Gasteiger partial charge in [-0.3, -0.25) is 9.89 Å². The van der Waals surface area contributed by atoms with Gasteiger partial charge in [-0.1, -0.05) is 61.0 Å². The molecule has 0 saturated carbocycles. The van der Waals surface area contributed by atoms with E-state index in [0.29, 0.717) is 33.1 Å². The average Bonchev–Trinajstić information content (AvgIpc) is 3.16. The summed E-state index contributed by atoms with van der Waals surface area (Å²) in [5.74, 6) is 1.68. The maximum Gasteiger partial charge on any atom is 0.208 e. The number of benzene rings is 2. The van der Waals surface area contributed by atoms with Crippen LogP contribution in [-0.2, 0) is 13.0 Å². The highest BCUT2D eigenvalue weighted by Crippen LogP contribution is 2.22. The van der Waals surface area contributed by atoms with Crippen LogP contribution in [0.2, 0.25) is 5.02 Å². The van der Waals surface area contributed by atoms with Crippen LogP contribution < -0.4 is 4.74 Å². The van der Waals surface area contributed by atoms with E-state index in [2.05, 4.69) is 22.1 Å². The maximum atomic E-state index is 12.3. The number of ether oxygens (including phenoxy) is 1. The molecule has 0 aliphatic rings. The number of Topliss-reactive ketones (excluding diaryl/α,β-unsaturated/α-hetero) is 1. The topological polar surface area (TPSA) is 67.9 Å². The number of hydrogen-bond acceptors (Lipinski definition) is 5. The van der Waals surface area contributed by atoms with E-state index in [1.807, 2.05) is 43.3 Å². The van der Waals surface area contributed by atoms with Gasteiger partial charge in [-0.15, -0.1) is 5.10 Å². The van der Waals surface area contributed by atoms with Crippen LogP contribution in [0.4, 0.5) is 0 Å². The highest BCUT2D eigenvalue weighted by Gasteiger charge is 2.10. The van der Waals surface area contributed by atoms with Crippen LogP contribution in [0.3, 0.4) is 0 Å². The van der Waals surface area contributed by atoms with Crippen LogP contribution in [0.25, 0.3) is 0 Å². The van der Waals surface area contributed by atoms with Gasteiger partial charge in [0.2, 0.25) is 5.16 Å². The number of carbonyl (C=O) groups is 1. The molecule has 0 unspecified atom stereocenters. The molecule has 0 fully saturated rings. The van der Waals surface area contributed by atoms with E-state index in [-0.39, 0.29) is 12.4 Å². The second-order valence-corrected chi connectivity index (χ2v) is 7.77. The van der Waals surface area contributed by atoms with Crippen molar-refractivity contribution in [1.82, 2.24) is 15.2 Å². The number of rotatable bonds is 9. The number of nitrogens with zero attached hydrogens (tertiary/aromatic N) is 2. The van der Waals surface area contributed by atoms with E-state index < -0.39 is 0 Å². The lowest BCUT2D eigenvalue weighted by Crippen LogP contribution is -2.03. The summed E-state index contributed by atoms with van der Waals surface area (Å²) in [6.07, 6.45) is 2.12. The fraction of sp³-hybridized carbons (Fsp3) is 0.286. The molecule has 0 atom stereocenters. The highest BCUT2D eigenvalue weighted by atomic mass is 35.5. The number of hydrogen-bond donors (Lipinski definition) is 1. The Bertz CT molecular complexity index is 941. The lowest BCUT2D eigenvalue weighted by Gasteiger charge is -2.05. The van der Waals surface area contributed by atoms with E-state index in [1.54, 1.807) is 6.07 Å². The third kappa shape index (κ3) is 5.59. The average molecular weight is 416 g/mol. The lowest BCUT2D eigenvalue weighted by atomic mass is 10.1. The Hall–Kier alpha value is -2.31. The normalized spacial score (nSPS) is 10.8. The molecule has 0 radical (unpaired) electrons. The van der Waals surface area contributed by atoms with Gasteiger partial charge in [0.15, 0.2) is 11.6 Å². The van der Waals surface area contributed by atoms with E-state index in [4.69, 9.17) is 16.3 Å². The predicted octanol–water partition coefficient (Wildman–Crippen LogP) is 5.27. The first kappa shape index (κ1) is 20.4. The molecule has 3 aromatic rings. The Balaban J connectivity index is 1.49. The molecule has 0 spiro atoms. The zero-order valence-corrected chi connectivity index (χ0v) is 17.4. The third-order valence-electron chi connectivity index (χ3n) is 4.16. The Labute approximate surface area is 173 Å². The molecule has 0 amide bonds. The lowest BCUT2D eigenvalue weighted by molar-refractivity contribution is 0.102. The van der Waals surface area contributed by atoms with Crippen molar-refractivity contribution in [3.8, 4) is 5.75 Å². The Morgan fingerprint density at radius 1 is 1.21 bits per heavy atom. The third-order valence-corrected chi connectivity index (χ3v) is 5.43. The minimum atomic E-state index is 0.0623. The van der Waals surface area contributed by atoms with Gasteiger partial charge < -0.3 is 4.74 Å². The molecule has 146 valence electrons. The van der Waals surface area contributed by atoms with E-state index >= 15 is 0 Å². The second kappa shape index (κ2) is 9.75. The van der Waals surface area contributed by atoms with Gasteiger partial charge in [-0.2, -0.15) is 0 Å². The van der Waals surface area contributed by atoms with Crippen LogP contribution in [0.15, 0.2) is 47.6 Å². The van der Waals surface area contributed by atoms with Gasteiger partial charge >= 0.3 is 0 Å². The van der Waals surface area contributed by atoms with Gasteiger partial charge in [0.05, 0.1) is 5.75 Å². The number of H-pyrrole nitrogens is 1. The minimum absolute atomic E-state index is 0.0623. The molecule has 0 saturated heterocycles. The number of thioether (sulfide) groups is 1. The first-order valence-corrected chi connectivity index (χ1v) is 10.5. The van der Waals surface area contributed by atoms with Crippen molar-refractivity contribution in [3.05, 3.63) is 70.0 Å². The maximum absolute atomic E-state index is 12.3. The molecule has 2 aromatic carbocycles. The summed E-state index contributed by atoms with van der Waals surface area (Å²) in [7, 11) is 0. The number of aromatic nitrogens is 3. The molecule has 3 rings (SSSR count). The van der Waals surface area contributed by atoms with E-state index in [0.717, 1.165) is 18.4 Å². The fourth-order valence-electron chi connectivity index (χ4n) is 2.62. The first-order valence-electron chi connectivity index (χ1n) is 9.10. The highest BCUT2D eigenvalue weighted by molar-refractivity contribution is 7.99. The van der Waals surface area contributed by atoms with Crippen molar-refractivity contribution in [2.45, 2.75) is 38.5 Å². The number of nitrogens with one attached hydrogen (secondary N) is 1. The molecule has 1 heterocycles. The largest absolute Gasteiger partial charge is 0.486 e. The first-order chi connectivity index (χ1) is 13.5. The van der Waals surface area contributed by atoms with Crippen molar-refractivity contribution >= 4 is 29.1 Å². The second-order valence-electron chi connectivity index (χ2n) is 6.42. The standard InChI is InChI=1S/C21H22ClN3O2S/c1-3-4-15-5-7-16(8-6-15)19(26)13-28-21-23-20(24-25-21)12-27-17-9-10-18(22)14(2)11-17/h5-11H,3-4,12-13H2,1-2H3,(H,23,24,25). The summed E-state index contributed by atoms with van der Waals surface area (Å²) >= 11 is 7.32. The monoisotopic (exact) mass is 415 g/mol. The van der Waals surface area contributed by atoms with Gasteiger partial charge in [0.1, 0.15) is 12.4 Å². The van der Waals surface area contributed by atoms with Gasteiger partial charge in [0.25, 0.3) is 0 Å². The molecular weight excluding hydrogens is 394 g/mol. The molecule has 1 aromatic heterocycles. The zero-order valence-electron chi connectivity index (χ0n) is 15.9. The fourth-order valence-corrected chi connectivity index (χ4v) is 3.45. The summed E-state index contributed by atoms with van der Waals surface area (Å²) in [4.78, 5) is 16.7. The molecule has 0 aliphatic heterocycles. The van der Waals surface area contributed by atoms with Crippen molar-refractivity contribution in [3.63, 3.8) is 0 Å². The van der Waals surface area contributed by atoms with Crippen LogP contribution in [0, 0.1) is 6.92 Å². The number of halogens is 1. The molecule has 0 aliphatic carbocycles. The molecule has 5 nitrogen and oxygen atoms in total. The van der Waals surface area contributed by atoms with Crippen LogP contribution in [0.1, 0.15) is 40.7 Å². The number of aryl methyl sites for hydroxylation is 2. The summed E-state index contributed by atoms with van der Waals surface area (Å²) in [6.45, 7) is 4.33. The van der Waals surface area contributed by atoms with Gasteiger partial charge in [-0.25, -0.2) is 4.98 Å². The molecule has 7 heteroatoms. The van der Waals surface area contributed by atoms with Crippen molar-refractivity contribution in [1.29, 1.82) is 0 Å². The zero-order chi connectivity index (χ0) is 19.9. The quantitative estimate of drug-likeness (QED) is 0.380. The molecular formula is C21H22ClN3O2S. The Morgan fingerprint density at radius 3 is 2.71 bits per heavy atom. The van der Waals surface area contributed by atoms with Crippen molar-refractivity contribution in [2.75, 3.05) is 5.75 Å². The number of aromatic amines is 1. The number of ketones is 1. The molecule has 28 heavy (non-hydrogen) atoms.